The smallest absolute Gasteiger partial charge is 0.308 e. The van der Waals surface area contributed by atoms with Gasteiger partial charge in [0, 0.05) is 25.6 Å². The highest BCUT2D eigenvalue weighted by atomic mass is 16.5. The van der Waals surface area contributed by atoms with Crippen LogP contribution in [-0.2, 0) is 4.79 Å². The summed E-state index contributed by atoms with van der Waals surface area (Å²) in [5.41, 5.74) is 0.641. The van der Waals surface area contributed by atoms with Gasteiger partial charge in [0.1, 0.15) is 5.75 Å². The van der Waals surface area contributed by atoms with Crippen LogP contribution in [-0.4, -0.2) is 29.9 Å². The molecule has 1 aliphatic rings. The van der Waals surface area contributed by atoms with E-state index in [1.165, 1.54) is 13.3 Å². The van der Waals surface area contributed by atoms with Gasteiger partial charge in [-0.2, -0.15) is 0 Å². The average Bonchev–Trinajstić information content (AvgIpc) is 2.37. The van der Waals surface area contributed by atoms with Crippen molar-refractivity contribution in [2.24, 2.45) is 11.8 Å². The predicted octanol–water partition coefficient (Wildman–Crippen LogP) is 2.73. The molecule has 1 fully saturated rings. The van der Waals surface area contributed by atoms with Crippen LogP contribution >= 0.6 is 0 Å². The quantitative estimate of drug-likeness (QED) is 0.616. The zero-order valence-corrected chi connectivity index (χ0v) is 12.3. The highest BCUT2D eigenvalue weighted by Crippen LogP contribution is 2.23. The monoisotopic (exact) mass is 275 g/mol. The predicted molar refractivity (Wildman–Crippen MR) is 76.6 cm³/mol. The molecule has 1 heterocycles. The van der Waals surface area contributed by atoms with Gasteiger partial charge in [0.05, 0.1) is 0 Å². The lowest BCUT2D eigenvalue weighted by molar-refractivity contribution is -0.131. The number of amides is 1. The van der Waals surface area contributed by atoms with Crippen molar-refractivity contribution in [2.75, 3.05) is 13.1 Å². The SMILES string of the molecule is CC(=O)Oc1ccc(C(=O)N2C[C@H](C)C[C@H](C)C2)cc1. The van der Waals surface area contributed by atoms with Gasteiger partial charge in [-0.1, -0.05) is 13.8 Å². The van der Waals surface area contributed by atoms with Crippen molar-refractivity contribution in [3.8, 4) is 5.75 Å². The molecular weight excluding hydrogens is 254 g/mol. The maximum Gasteiger partial charge on any atom is 0.308 e. The minimum Gasteiger partial charge on any atom is -0.427 e. The number of ether oxygens (including phenoxy) is 1. The summed E-state index contributed by atoms with van der Waals surface area (Å²) in [6.07, 6.45) is 1.18. The Morgan fingerprint density at radius 2 is 1.65 bits per heavy atom. The van der Waals surface area contributed by atoms with Gasteiger partial charge in [0.2, 0.25) is 0 Å². The molecule has 20 heavy (non-hydrogen) atoms. The van der Waals surface area contributed by atoms with Gasteiger partial charge in [-0.15, -0.1) is 0 Å². The molecule has 4 nitrogen and oxygen atoms in total. The van der Waals surface area contributed by atoms with Crippen molar-refractivity contribution in [1.82, 2.24) is 4.90 Å². The first-order valence-corrected chi connectivity index (χ1v) is 7.03. The Morgan fingerprint density at radius 3 is 2.15 bits per heavy atom. The number of benzene rings is 1. The molecule has 1 aromatic rings. The van der Waals surface area contributed by atoms with Crippen LogP contribution in [0.25, 0.3) is 0 Å². The van der Waals surface area contributed by atoms with Crippen LogP contribution in [0.5, 0.6) is 5.75 Å². The van der Waals surface area contributed by atoms with E-state index in [4.69, 9.17) is 4.74 Å². The molecular formula is C16H21NO3. The maximum absolute atomic E-state index is 12.4. The van der Waals surface area contributed by atoms with E-state index in [2.05, 4.69) is 13.8 Å². The normalized spacial score (nSPS) is 22.4. The Labute approximate surface area is 119 Å². The fourth-order valence-electron chi connectivity index (χ4n) is 2.84. The van der Waals surface area contributed by atoms with Crippen molar-refractivity contribution in [2.45, 2.75) is 27.2 Å². The summed E-state index contributed by atoms with van der Waals surface area (Å²) in [6, 6.07) is 6.74. The Kier molecular flexibility index (Phi) is 4.42. The van der Waals surface area contributed by atoms with Crippen molar-refractivity contribution in [3.05, 3.63) is 29.8 Å². The number of carbonyl (C=O) groups is 2. The first-order chi connectivity index (χ1) is 9.45. The van der Waals surface area contributed by atoms with Crippen molar-refractivity contribution < 1.29 is 14.3 Å². The number of rotatable bonds is 2. The number of carbonyl (C=O) groups excluding carboxylic acids is 2. The van der Waals surface area contributed by atoms with E-state index in [0.717, 1.165) is 13.1 Å². The number of likely N-dealkylation sites (tertiary alicyclic amines) is 1. The van der Waals surface area contributed by atoms with E-state index in [-0.39, 0.29) is 11.9 Å². The number of nitrogens with zero attached hydrogens (tertiary/aromatic N) is 1. The summed E-state index contributed by atoms with van der Waals surface area (Å²) >= 11 is 0. The average molecular weight is 275 g/mol. The molecule has 1 aromatic carbocycles. The van der Waals surface area contributed by atoms with Gasteiger partial charge in [0.25, 0.3) is 5.91 Å². The lowest BCUT2D eigenvalue weighted by atomic mass is 9.91. The topological polar surface area (TPSA) is 46.6 Å². The Morgan fingerprint density at radius 1 is 1.10 bits per heavy atom. The molecule has 0 saturated carbocycles. The summed E-state index contributed by atoms with van der Waals surface area (Å²) in [5, 5.41) is 0. The van der Waals surface area contributed by atoms with Crippen LogP contribution in [0, 0.1) is 11.8 Å². The minimum absolute atomic E-state index is 0.0535. The van der Waals surface area contributed by atoms with Crippen molar-refractivity contribution in [3.63, 3.8) is 0 Å². The minimum atomic E-state index is -0.359. The third-order valence-corrected chi connectivity index (χ3v) is 3.52. The van der Waals surface area contributed by atoms with Gasteiger partial charge >= 0.3 is 5.97 Å². The lowest BCUT2D eigenvalue weighted by Crippen LogP contribution is -2.42. The molecule has 2 atom stereocenters. The summed E-state index contributed by atoms with van der Waals surface area (Å²) in [6.45, 7) is 7.35. The van der Waals surface area contributed by atoms with Crippen LogP contribution in [0.4, 0.5) is 0 Å². The van der Waals surface area contributed by atoms with Crippen molar-refractivity contribution in [1.29, 1.82) is 0 Å². The third-order valence-electron chi connectivity index (χ3n) is 3.52. The molecule has 0 N–H and O–H groups in total. The molecule has 0 unspecified atom stereocenters. The molecule has 1 saturated heterocycles. The second-order valence-corrected chi connectivity index (χ2v) is 5.77. The van der Waals surface area contributed by atoms with E-state index >= 15 is 0 Å². The van der Waals surface area contributed by atoms with E-state index in [9.17, 15) is 9.59 Å². The maximum atomic E-state index is 12.4. The highest BCUT2D eigenvalue weighted by Gasteiger charge is 2.26. The van der Waals surface area contributed by atoms with Crippen LogP contribution < -0.4 is 4.74 Å². The molecule has 4 heteroatoms. The molecule has 0 spiro atoms. The van der Waals surface area contributed by atoms with Gasteiger partial charge in [-0.25, -0.2) is 0 Å². The Hall–Kier alpha value is -1.84. The molecule has 1 amide bonds. The highest BCUT2D eigenvalue weighted by molar-refractivity contribution is 5.94. The number of hydrogen-bond donors (Lipinski definition) is 0. The van der Waals surface area contributed by atoms with E-state index in [1.807, 2.05) is 4.90 Å². The molecule has 0 aromatic heterocycles. The van der Waals surface area contributed by atoms with Gasteiger partial charge in [-0.05, 0) is 42.5 Å². The van der Waals surface area contributed by atoms with Gasteiger partial charge in [-0.3, -0.25) is 9.59 Å². The number of esters is 1. The van der Waals surface area contributed by atoms with Crippen LogP contribution in [0.15, 0.2) is 24.3 Å². The molecule has 108 valence electrons. The first kappa shape index (κ1) is 14.6. The molecule has 0 aliphatic carbocycles. The van der Waals surface area contributed by atoms with Crippen LogP contribution in [0.3, 0.4) is 0 Å². The second-order valence-electron chi connectivity index (χ2n) is 5.77. The summed E-state index contributed by atoms with van der Waals surface area (Å²) < 4.78 is 4.96. The molecule has 2 rings (SSSR count). The molecule has 0 bridgehead atoms. The Bertz CT molecular complexity index is 485. The summed E-state index contributed by atoms with van der Waals surface area (Å²) in [4.78, 5) is 25.2. The molecule has 1 aliphatic heterocycles. The zero-order chi connectivity index (χ0) is 14.7. The fourth-order valence-corrected chi connectivity index (χ4v) is 2.84. The third kappa shape index (κ3) is 3.59. The molecule has 0 radical (unpaired) electrons. The fraction of sp³-hybridized carbons (Fsp3) is 0.500. The zero-order valence-electron chi connectivity index (χ0n) is 12.3. The Balaban J connectivity index is 2.07. The van der Waals surface area contributed by atoms with Gasteiger partial charge in [0.15, 0.2) is 0 Å². The van der Waals surface area contributed by atoms with E-state index in [0.29, 0.717) is 23.1 Å². The number of hydrogen-bond acceptors (Lipinski definition) is 3. The van der Waals surface area contributed by atoms with Crippen LogP contribution in [0.2, 0.25) is 0 Å². The standard InChI is InChI=1S/C16H21NO3/c1-11-8-12(2)10-17(9-11)16(19)14-4-6-15(7-5-14)20-13(3)18/h4-7,11-12H,8-10H2,1-3H3/t11-,12+. The second kappa shape index (κ2) is 6.07. The van der Waals surface area contributed by atoms with E-state index in [1.54, 1.807) is 24.3 Å². The van der Waals surface area contributed by atoms with Crippen LogP contribution in [0.1, 0.15) is 37.6 Å². The summed E-state index contributed by atoms with van der Waals surface area (Å²) in [5.74, 6) is 1.25. The first-order valence-electron chi connectivity index (χ1n) is 7.03. The number of piperidine rings is 1. The lowest BCUT2D eigenvalue weighted by Gasteiger charge is -2.35. The van der Waals surface area contributed by atoms with Gasteiger partial charge < -0.3 is 9.64 Å². The summed E-state index contributed by atoms with van der Waals surface area (Å²) in [7, 11) is 0. The largest absolute Gasteiger partial charge is 0.427 e. The van der Waals surface area contributed by atoms with E-state index < -0.39 is 0 Å². The van der Waals surface area contributed by atoms with Crippen molar-refractivity contribution >= 4 is 11.9 Å².